The first-order valence-electron chi connectivity index (χ1n) is 23.9. The van der Waals surface area contributed by atoms with Gasteiger partial charge in [0.2, 0.25) is 11.8 Å². The van der Waals surface area contributed by atoms with Gasteiger partial charge in [0.15, 0.2) is 0 Å². The summed E-state index contributed by atoms with van der Waals surface area (Å²) in [6, 6.07) is 13.5. The van der Waals surface area contributed by atoms with Crippen molar-refractivity contribution in [3.8, 4) is 11.1 Å². The number of nitrogens with zero attached hydrogens (tertiary/aromatic N) is 8. The van der Waals surface area contributed by atoms with Crippen LogP contribution in [0.25, 0.3) is 11.1 Å². The maximum absolute atomic E-state index is 14.0. The van der Waals surface area contributed by atoms with E-state index in [0.29, 0.717) is 78.2 Å². The van der Waals surface area contributed by atoms with Crippen molar-refractivity contribution in [2.24, 2.45) is 12.5 Å². The first-order chi connectivity index (χ1) is 33.7. The second-order valence-electron chi connectivity index (χ2n) is 19.6. The normalized spacial score (nSPS) is 19.9. The summed E-state index contributed by atoms with van der Waals surface area (Å²) in [6.07, 6.45) is 7.18. The predicted molar refractivity (Wildman–Crippen MR) is 261 cm³/mol. The Bertz CT molecular complexity index is 3000. The van der Waals surface area contributed by atoms with Gasteiger partial charge in [0.05, 0.1) is 42.8 Å². The maximum Gasteiger partial charge on any atom is 0.276 e. The third kappa shape index (κ3) is 8.62. The van der Waals surface area contributed by atoms with Crippen LogP contribution in [0.1, 0.15) is 81.6 Å². The number of rotatable bonds is 14. The molecule has 10 rings (SSSR count). The van der Waals surface area contributed by atoms with E-state index in [1.54, 1.807) is 60.9 Å². The molecule has 0 spiro atoms. The highest BCUT2D eigenvalue weighted by Gasteiger charge is 2.46. The number of carbonyl (C=O) groups excluding carboxylic acids is 5. The fourth-order valence-corrected chi connectivity index (χ4v) is 10.8. The van der Waals surface area contributed by atoms with Crippen molar-refractivity contribution in [3.05, 3.63) is 111 Å². The van der Waals surface area contributed by atoms with Gasteiger partial charge in [-0.25, -0.2) is 9.97 Å². The summed E-state index contributed by atoms with van der Waals surface area (Å²) in [5.41, 5.74) is 7.06. The fourth-order valence-electron chi connectivity index (χ4n) is 10.8. The zero-order valence-corrected chi connectivity index (χ0v) is 39.8. The lowest BCUT2D eigenvalue weighted by atomic mass is 9.90. The van der Waals surface area contributed by atoms with Crippen LogP contribution in [0, 0.1) is 5.41 Å². The molecule has 2 atom stereocenters. The van der Waals surface area contributed by atoms with Crippen LogP contribution in [0.2, 0.25) is 0 Å². The molecule has 364 valence electrons. The quantitative estimate of drug-likeness (QED) is 0.0923. The first kappa shape index (κ1) is 46.5. The molecule has 4 N–H and O–H groups in total. The number of piperazine rings is 1. The fraction of sp³-hybridized carbons (Fsp3) is 0.412. The van der Waals surface area contributed by atoms with Crippen LogP contribution in [0.15, 0.2) is 71.9 Å². The largest absolute Gasteiger partial charge is 0.392 e. The van der Waals surface area contributed by atoms with Crippen LogP contribution < -0.4 is 31.3 Å². The lowest BCUT2D eigenvalue weighted by molar-refractivity contribution is -0.136. The standard InChI is InChI=1S/C51H57N11O8/c1-30-27-58(19-21-70-20-14-52-37-7-5-6-35-44(37)50(69)62(47(35)66)39-9-11-43(64)56-46(39)65)15-16-59(30)33-8-10-42(54-26-33)55-38-22-32(28-57(4)48(38)67)34-12-13-53-45(36(34)29-63)61-18-17-60-40(49(61)68)23-31-24-51(2,3)25-41(31)60/h5-8,10,12-13,22-23,26,28,30,39,52,63H,9,11,14-21,24-25,27,29H2,1-4H3,(H,54,55)(H,56,64,65)/t30-,39?/m1/s1. The third-order valence-electron chi connectivity index (χ3n) is 14.2. The molecule has 5 aromatic rings. The Balaban J connectivity index is 0.719. The number of aromatic nitrogens is 4. The highest BCUT2D eigenvalue weighted by Crippen LogP contribution is 2.40. The zero-order chi connectivity index (χ0) is 49.0. The summed E-state index contributed by atoms with van der Waals surface area (Å²) in [6.45, 7) is 11.8. The topological polar surface area (TPSA) is 217 Å². The molecule has 4 aromatic heterocycles. The van der Waals surface area contributed by atoms with Gasteiger partial charge in [-0.2, -0.15) is 0 Å². The minimum Gasteiger partial charge on any atom is -0.392 e. The van der Waals surface area contributed by atoms with Crippen LogP contribution in [0.3, 0.4) is 0 Å². The number of ether oxygens (including phenoxy) is 1. The predicted octanol–water partition coefficient (Wildman–Crippen LogP) is 3.71. The minimum absolute atomic E-state index is 0.0569. The first-order valence-corrected chi connectivity index (χ1v) is 23.9. The number of imide groups is 2. The molecule has 4 aliphatic heterocycles. The molecule has 0 bridgehead atoms. The molecule has 5 amide bonds. The molecule has 70 heavy (non-hydrogen) atoms. The van der Waals surface area contributed by atoms with E-state index in [4.69, 9.17) is 9.72 Å². The molecule has 2 fully saturated rings. The number of hydrogen-bond donors (Lipinski definition) is 4. The van der Waals surface area contributed by atoms with Gasteiger partial charge in [0, 0.05) is 100 Å². The molecule has 2 saturated heterocycles. The summed E-state index contributed by atoms with van der Waals surface area (Å²) in [5, 5.41) is 19.4. The number of aliphatic hydroxyl groups excluding tert-OH is 1. The van der Waals surface area contributed by atoms with Crippen LogP contribution in [-0.4, -0.2) is 128 Å². The Hall–Kier alpha value is -7.22. The van der Waals surface area contributed by atoms with E-state index in [0.717, 1.165) is 49.6 Å². The van der Waals surface area contributed by atoms with Crippen molar-refractivity contribution < 1.29 is 33.8 Å². The number of fused-ring (bicyclic) bond motifs is 4. The molecule has 5 aliphatic rings. The van der Waals surface area contributed by atoms with E-state index in [9.17, 15) is 33.9 Å². The van der Waals surface area contributed by atoms with Gasteiger partial charge < -0.3 is 34.5 Å². The lowest BCUT2D eigenvalue weighted by Crippen LogP contribution is -2.54. The molecule has 0 saturated carbocycles. The van der Waals surface area contributed by atoms with Crippen molar-refractivity contribution in [3.63, 3.8) is 0 Å². The van der Waals surface area contributed by atoms with Crippen LogP contribution in [-0.2, 0) is 47.4 Å². The van der Waals surface area contributed by atoms with E-state index >= 15 is 0 Å². The summed E-state index contributed by atoms with van der Waals surface area (Å²) >= 11 is 0. The van der Waals surface area contributed by atoms with Crippen LogP contribution >= 0.6 is 0 Å². The number of nitrogens with one attached hydrogen (secondary N) is 3. The molecule has 1 aliphatic carbocycles. The van der Waals surface area contributed by atoms with Crippen LogP contribution in [0.5, 0.6) is 0 Å². The van der Waals surface area contributed by atoms with Gasteiger partial charge in [0.1, 0.15) is 29.1 Å². The highest BCUT2D eigenvalue weighted by atomic mass is 16.5. The average molecular weight is 952 g/mol. The number of piperidine rings is 1. The van der Waals surface area contributed by atoms with Gasteiger partial charge in [-0.3, -0.25) is 48.8 Å². The highest BCUT2D eigenvalue weighted by molar-refractivity contribution is 6.25. The number of anilines is 5. The van der Waals surface area contributed by atoms with Gasteiger partial charge in [0.25, 0.3) is 23.3 Å². The average Bonchev–Trinajstić information content (AvgIpc) is 3.93. The number of amides is 5. The van der Waals surface area contributed by atoms with Crippen molar-refractivity contribution in [1.29, 1.82) is 0 Å². The molecule has 1 aromatic carbocycles. The van der Waals surface area contributed by atoms with Crippen molar-refractivity contribution in [1.82, 2.24) is 34.2 Å². The molecule has 1 unspecified atom stereocenters. The van der Waals surface area contributed by atoms with Crippen LogP contribution in [0.4, 0.5) is 28.7 Å². The Labute approximate surface area is 404 Å². The molecule has 8 heterocycles. The van der Waals surface area contributed by atoms with Crippen molar-refractivity contribution in [2.45, 2.75) is 71.7 Å². The van der Waals surface area contributed by atoms with E-state index in [1.807, 2.05) is 18.2 Å². The van der Waals surface area contributed by atoms with Gasteiger partial charge in [-0.05, 0) is 85.2 Å². The molecular weight excluding hydrogens is 895 g/mol. The summed E-state index contributed by atoms with van der Waals surface area (Å²) < 4.78 is 9.60. The summed E-state index contributed by atoms with van der Waals surface area (Å²) in [4.78, 5) is 94.7. The van der Waals surface area contributed by atoms with Crippen molar-refractivity contribution in [2.75, 3.05) is 72.9 Å². The van der Waals surface area contributed by atoms with Crippen molar-refractivity contribution >= 4 is 58.2 Å². The maximum atomic E-state index is 14.0. The second kappa shape index (κ2) is 18.6. The van der Waals surface area contributed by atoms with Gasteiger partial charge >= 0.3 is 0 Å². The Morgan fingerprint density at radius 3 is 2.51 bits per heavy atom. The number of aliphatic hydroxyl groups is 1. The number of pyridine rings is 3. The Kier molecular flexibility index (Phi) is 12.4. The summed E-state index contributed by atoms with van der Waals surface area (Å²) in [5.74, 6) is -1.41. The van der Waals surface area contributed by atoms with Gasteiger partial charge in [-0.1, -0.05) is 19.9 Å². The Morgan fingerprint density at radius 2 is 1.74 bits per heavy atom. The zero-order valence-electron chi connectivity index (χ0n) is 39.8. The lowest BCUT2D eigenvalue weighted by Gasteiger charge is -2.41. The SMILES string of the molecule is C[C@@H]1CN(CCOCCNc2cccc3c2C(=O)N(C2CCC(=O)NC2=O)C3=O)CCN1c1ccc(Nc2cc(-c3ccnc(N4CCn5c(cc6c5CC(C)(C)C6)C4=O)c3CO)cn(C)c2=O)nc1. The second-order valence-corrected chi connectivity index (χ2v) is 19.6. The monoisotopic (exact) mass is 951 g/mol. The smallest absolute Gasteiger partial charge is 0.276 e. The number of carbonyl (C=O) groups is 5. The number of hydrogen-bond acceptors (Lipinski definition) is 14. The number of aryl methyl sites for hydroxylation is 1. The number of benzene rings is 1. The van der Waals surface area contributed by atoms with E-state index in [2.05, 4.69) is 56.1 Å². The van der Waals surface area contributed by atoms with E-state index in [1.165, 1.54) is 15.8 Å². The van der Waals surface area contributed by atoms with E-state index < -0.39 is 29.7 Å². The summed E-state index contributed by atoms with van der Waals surface area (Å²) in [7, 11) is 1.68. The molecule has 19 nitrogen and oxygen atoms in total. The van der Waals surface area contributed by atoms with Gasteiger partial charge in [-0.15, -0.1) is 0 Å². The molecule has 19 heteroatoms. The third-order valence-corrected chi connectivity index (χ3v) is 14.2. The molecular formula is C51H57N11O8. The Morgan fingerprint density at radius 1 is 0.900 bits per heavy atom. The van der Waals surface area contributed by atoms with E-state index in [-0.39, 0.29) is 53.5 Å². The molecule has 0 radical (unpaired) electrons. The minimum atomic E-state index is -1.03.